The number of hydrogen-bond donors (Lipinski definition) is 2. The fourth-order valence-corrected chi connectivity index (χ4v) is 5.37. The number of amides is 3. The smallest absolute Gasteiger partial charge is 0.255 e. The fourth-order valence-electron chi connectivity index (χ4n) is 5.37. The van der Waals surface area contributed by atoms with E-state index in [0.29, 0.717) is 77.1 Å². The molecule has 0 aromatic heterocycles. The normalized spacial score (nSPS) is 18.7. The highest BCUT2D eigenvalue weighted by molar-refractivity contribution is 6.05. The largest absolute Gasteiger partial charge is 0.491 e. The van der Waals surface area contributed by atoms with Crippen molar-refractivity contribution in [2.45, 2.75) is 44.4 Å². The number of ether oxygens (including phenoxy) is 6. The van der Waals surface area contributed by atoms with Crippen molar-refractivity contribution in [2.24, 2.45) is 0 Å². The van der Waals surface area contributed by atoms with Crippen LogP contribution in [-0.4, -0.2) is 101 Å². The topological polar surface area (TPSA) is 134 Å². The molecule has 2 aromatic carbocycles. The standard InChI is InChI=1S/C32H41N3O9/c36-30-8-7-27(31(37)34-30)35-22-23-21-25(5-6-26(23)32(35)38)42-19-17-40-15-13-39-14-16-41-18-20-43-28-3-1-2-4-29(28)44-24-9-11-33-12-10-24/h1-6,21,24,27,33H,7-20,22H2,(H,34,36,37). The number of nitrogens with one attached hydrogen (secondary N) is 2. The maximum atomic E-state index is 12.8. The Bertz CT molecular complexity index is 1270. The van der Waals surface area contributed by atoms with Crippen LogP contribution in [0.2, 0.25) is 0 Å². The van der Waals surface area contributed by atoms with Crippen molar-refractivity contribution in [3.63, 3.8) is 0 Å². The van der Waals surface area contributed by atoms with Crippen molar-refractivity contribution in [1.82, 2.24) is 15.5 Å². The monoisotopic (exact) mass is 611 g/mol. The van der Waals surface area contributed by atoms with Crippen LogP contribution in [0.4, 0.5) is 0 Å². The van der Waals surface area contributed by atoms with Gasteiger partial charge in [0.05, 0.1) is 39.6 Å². The molecule has 3 aliphatic heterocycles. The molecule has 12 heteroatoms. The molecule has 0 saturated carbocycles. The minimum atomic E-state index is -0.634. The van der Waals surface area contributed by atoms with Crippen molar-refractivity contribution in [2.75, 3.05) is 65.9 Å². The number of piperidine rings is 2. The molecule has 5 rings (SSSR count). The lowest BCUT2D eigenvalue weighted by atomic mass is 10.0. The van der Waals surface area contributed by atoms with Crippen LogP contribution in [0.15, 0.2) is 42.5 Å². The summed E-state index contributed by atoms with van der Waals surface area (Å²) >= 11 is 0. The summed E-state index contributed by atoms with van der Waals surface area (Å²) < 4.78 is 34.5. The fraction of sp³-hybridized carbons (Fsp3) is 0.531. The van der Waals surface area contributed by atoms with Gasteiger partial charge in [-0.05, 0) is 68.2 Å². The molecule has 0 spiro atoms. The molecule has 0 aliphatic carbocycles. The van der Waals surface area contributed by atoms with E-state index in [9.17, 15) is 14.4 Å². The predicted octanol–water partition coefficient (Wildman–Crippen LogP) is 2.09. The average molecular weight is 612 g/mol. The summed E-state index contributed by atoms with van der Waals surface area (Å²) in [7, 11) is 0. The maximum Gasteiger partial charge on any atom is 0.255 e. The van der Waals surface area contributed by atoms with Gasteiger partial charge in [0.15, 0.2) is 11.5 Å². The third kappa shape index (κ3) is 8.91. The van der Waals surface area contributed by atoms with Crippen molar-refractivity contribution in [1.29, 1.82) is 0 Å². The molecule has 2 fully saturated rings. The zero-order valence-corrected chi connectivity index (χ0v) is 24.9. The minimum Gasteiger partial charge on any atom is -0.491 e. The molecule has 44 heavy (non-hydrogen) atoms. The SMILES string of the molecule is O=C1CCC(N2Cc3cc(OCCOCCOCCOCCOc4ccccc4OC4CCNCC4)ccc3C2=O)C(=O)N1. The zero-order chi connectivity index (χ0) is 30.6. The highest BCUT2D eigenvalue weighted by atomic mass is 16.6. The molecular weight excluding hydrogens is 570 g/mol. The molecule has 3 heterocycles. The first-order valence-corrected chi connectivity index (χ1v) is 15.3. The van der Waals surface area contributed by atoms with Gasteiger partial charge in [-0.25, -0.2) is 0 Å². The summed E-state index contributed by atoms with van der Waals surface area (Å²) in [5, 5.41) is 5.66. The summed E-state index contributed by atoms with van der Waals surface area (Å²) in [6.07, 6.45) is 2.76. The van der Waals surface area contributed by atoms with E-state index in [0.717, 1.165) is 43.0 Å². The number of benzene rings is 2. The maximum absolute atomic E-state index is 12.8. The van der Waals surface area contributed by atoms with Gasteiger partial charge >= 0.3 is 0 Å². The summed E-state index contributed by atoms with van der Waals surface area (Å²) in [4.78, 5) is 38.0. The Morgan fingerprint density at radius 3 is 2.11 bits per heavy atom. The number of rotatable bonds is 17. The third-order valence-electron chi connectivity index (χ3n) is 7.65. The number of imide groups is 1. The number of nitrogens with zero attached hydrogens (tertiary/aromatic N) is 1. The van der Waals surface area contributed by atoms with E-state index >= 15 is 0 Å². The van der Waals surface area contributed by atoms with Gasteiger partial charge < -0.3 is 38.6 Å². The molecule has 0 radical (unpaired) electrons. The van der Waals surface area contributed by atoms with Crippen LogP contribution in [0.5, 0.6) is 17.2 Å². The van der Waals surface area contributed by atoms with E-state index in [2.05, 4.69) is 10.6 Å². The van der Waals surface area contributed by atoms with Crippen LogP contribution in [0, 0.1) is 0 Å². The Hall–Kier alpha value is -3.71. The first-order chi connectivity index (χ1) is 21.6. The Morgan fingerprint density at radius 1 is 0.750 bits per heavy atom. The first kappa shape index (κ1) is 31.7. The Kier molecular flexibility index (Phi) is 11.8. The number of fused-ring (bicyclic) bond motifs is 1. The van der Waals surface area contributed by atoms with Gasteiger partial charge in [-0.2, -0.15) is 0 Å². The predicted molar refractivity (Wildman–Crippen MR) is 159 cm³/mol. The highest BCUT2D eigenvalue weighted by Gasteiger charge is 2.39. The van der Waals surface area contributed by atoms with E-state index in [1.807, 2.05) is 30.3 Å². The number of hydrogen-bond acceptors (Lipinski definition) is 10. The van der Waals surface area contributed by atoms with E-state index in [-0.39, 0.29) is 24.3 Å². The number of carbonyl (C=O) groups is 3. The summed E-state index contributed by atoms with van der Waals surface area (Å²) in [6, 6.07) is 12.4. The van der Waals surface area contributed by atoms with Gasteiger partial charge in [-0.1, -0.05) is 12.1 Å². The molecule has 12 nitrogen and oxygen atoms in total. The second kappa shape index (κ2) is 16.4. The van der Waals surface area contributed by atoms with Crippen molar-refractivity contribution >= 4 is 17.7 Å². The molecule has 1 unspecified atom stereocenters. The minimum absolute atomic E-state index is 0.206. The second-order valence-corrected chi connectivity index (χ2v) is 10.8. The molecule has 2 saturated heterocycles. The van der Waals surface area contributed by atoms with E-state index in [4.69, 9.17) is 28.4 Å². The van der Waals surface area contributed by atoms with Crippen molar-refractivity contribution < 1.29 is 42.8 Å². The van der Waals surface area contributed by atoms with Gasteiger partial charge in [0.2, 0.25) is 11.8 Å². The van der Waals surface area contributed by atoms with E-state index in [1.54, 1.807) is 12.1 Å². The van der Waals surface area contributed by atoms with Crippen LogP contribution < -0.4 is 24.8 Å². The lowest BCUT2D eigenvalue weighted by molar-refractivity contribution is -0.136. The third-order valence-corrected chi connectivity index (χ3v) is 7.65. The van der Waals surface area contributed by atoms with Crippen LogP contribution in [-0.2, 0) is 30.3 Å². The van der Waals surface area contributed by atoms with Crippen LogP contribution in [0.3, 0.4) is 0 Å². The number of carbonyl (C=O) groups excluding carboxylic acids is 3. The van der Waals surface area contributed by atoms with Crippen LogP contribution in [0.1, 0.15) is 41.6 Å². The van der Waals surface area contributed by atoms with Crippen LogP contribution >= 0.6 is 0 Å². The molecule has 2 N–H and O–H groups in total. The molecule has 0 bridgehead atoms. The molecule has 238 valence electrons. The Balaban J connectivity index is 0.876. The molecule has 1 atom stereocenters. The number of para-hydroxylation sites is 2. The molecule has 3 aliphatic rings. The van der Waals surface area contributed by atoms with Gasteiger partial charge in [0.1, 0.15) is 31.1 Å². The molecular formula is C32H41N3O9. The molecule has 3 amide bonds. The summed E-state index contributed by atoms with van der Waals surface area (Å²) in [6.45, 7) is 5.66. The first-order valence-electron chi connectivity index (χ1n) is 15.3. The van der Waals surface area contributed by atoms with Crippen molar-refractivity contribution in [3.8, 4) is 17.2 Å². The van der Waals surface area contributed by atoms with E-state index in [1.165, 1.54) is 4.90 Å². The van der Waals surface area contributed by atoms with Crippen molar-refractivity contribution in [3.05, 3.63) is 53.6 Å². The lowest BCUT2D eigenvalue weighted by Crippen LogP contribution is -2.52. The Labute approximate surface area is 257 Å². The lowest BCUT2D eigenvalue weighted by Gasteiger charge is -2.29. The van der Waals surface area contributed by atoms with E-state index < -0.39 is 11.9 Å². The summed E-state index contributed by atoms with van der Waals surface area (Å²) in [5.74, 6) is 1.20. The van der Waals surface area contributed by atoms with Gasteiger partial charge in [-0.3, -0.25) is 19.7 Å². The molecule has 2 aromatic rings. The summed E-state index contributed by atoms with van der Waals surface area (Å²) in [5.41, 5.74) is 1.35. The second-order valence-electron chi connectivity index (χ2n) is 10.8. The van der Waals surface area contributed by atoms with Gasteiger partial charge in [0, 0.05) is 18.5 Å². The highest BCUT2D eigenvalue weighted by Crippen LogP contribution is 2.30. The average Bonchev–Trinajstić information content (AvgIpc) is 3.35. The van der Waals surface area contributed by atoms with Crippen LogP contribution in [0.25, 0.3) is 0 Å². The van der Waals surface area contributed by atoms with Gasteiger partial charge in [-0.15, -0.1) is 0 Å². The Morgan fingerprint density at radius 2 is 1.41 bits per heavy atom. The van der Waals surface area contributed by atoms with Gasteiger partial charge in [0.25, 0.3) is 5.91 Å². The zero-order valence-electron chi connectivity index (χ0n) is 24.9. The quantitative estimate of drug-likeness (QED) is 0.202.